The normalized spacial score (nSPS) is 19.3. The van der Waals surface area contributed by atoms with Gasteiger partial charge in [-0.25, -0.2) is 13.1 Å². The van der Waals surface area contributed by atoms with Crippen LogP contribution in [0.1, 0.15) is 12.8 Å². The molecule has 1 fully saturated rings. The van der Waals surface area contributed by atoms with Gasteiger partial charge < -0.3 is 5.32 Å². The average Bonchev–Trinajstić information content (AvgIpc) is 3.09. The lowest BCUT2D eigenvalue weighted by molar-refractivity contribution is 0.293. The highest BCUT2D eigenvalue weighted by Gasteiger charge is 2.29. The maximum atomic E-state index is 12.7. The predicted molar refractivity (Wildman–Crippen MR) is 87.2 cm³/mol. The van der Waals surface area contributed by atoms with Gasteiger partial charge in [-0.3, -0.25) is 0 Å². The van der Waals surface area contributed by atoms with Crippen LogP contribution in [-0.4, -0.2) is 59.1 Å². The second-order valence-corrected chi connectivity index (χ2v) is 7.18. The Kier molecular flexibility index (Phi) is 5.69. The Labute approximate surface area is 141 Å². The summed E-state index contributed by atoms with van der Waals surface area (Å²) in [6, 6.07) is 6.79. The summed E-state index contributed by atoms with van der Waals surface area (Å²) in [5, 5.41) is 14.0. The number of halogens is 1. The predicted octanol–water partition coefficient (Wildman–Crippen LogP) is 0.457. The number of benzene rings is 1. The van der Waals surface area contributed by atoms with Gasteiger partial charge in [-0.05, 0) is 54.6 Å². The van der Waals surface area contributed by atoms with Crippen molar-refractivity contribution in [3.8, 4) is 5.69 Å². The van der Waals surface area contributed by atoms with Crippen molar-refractivity contribution in [1.82, 2.24) is 29.8 Å². The van der Waals surface area contributed by atoms with Gasteiger partial charge in [0.2, 0.25) is 10.0 Å². The van der Waals surface area contributed by atoms with Crippen molar-refractivity contribution in [2.45, 2.75) is 23.8 Å². The summed E-state index contributed by atoms with van der Waals surface area (Å²) >= 11 is 0. The molecule has 1 unspecified atom stereocenters. The SMILES string of the molecule is CNC1CCCN(S(=O)(=O)c2ccc(-n3cnnn3)cc2)C1.Cl. The summed E-state index contributed by atoms with van der Waals surface area (Å²) in [6.07, 6.45) is 3.33. The van der Waals surface area contributed by atoms with Gasteiger partial charge in [0, 0.05) is 19.1 Å². The van der Waals surface area contributed by atoms with Crippen LogP contribution in [0.15, 0.2) is 35.5 Å². The summed E-state index contributed by atoms with van der Waals surface area (Å²) in [5.74, 6) is 0. The van der Waals surface area contributed by atoms with E-state index < -0.39 is 10.0 Å². The van der Waals surface area contributed by atoms with E-state index in [1.807, 2.05) is 7.05 Å². The molecule has 1 aromatic carbocycles. The molecular formula is C13H19ClN6O2S. The molecule has 1 aromatic heterocycles. The van der Waals surface area contributed by atoms with Crippen LogP contribution >= 0.6 is 12.4 Å². The number of hydrogen-bond acceptors (Lipinski definition) is 6. The minimum atomic E-state index is -3.46. The first-order valence-electron chi connectivity index (χ1n) is 7.12. The van der Waals surface area contributed by atoms with Crippen molar-refractivity contribution in [2.75, 3.05) is 20.1 Å². The summed E-state index contributed by atoms with van der Waals surface area (Å²) in [5.41, 5.74) is 0.718. The Morgan fingerprint density at radius 3 is 2.61 bits per heavy atom. The third-order valence-electron chi connectivity index (χ3n) is 3.88. The maximum Gasteiger partial charge on any atom is 0.243 e. The van der Waals surface area contributed by atoms with Gasteiger partial charge in [-0.15, -0.1) is 17.5 Å². The Morgan fingerprint density at radius 2 is 2.00 bits per heavy atom. The van der Waals surface area contributed by atoms with Crippen molar-refractivity contribution >= 4 is 22.4 Å². The molecule has 0 bridgehead atoms. The Morgan fingerprint density at radius 1 is 1.26 bits per heavy atom. The number of nitrogens with zero attached hydrogens (tertiary/aromatic N) is 5. The second kappa shape index (κ2) is 7.35. The fraction of sp³-hybridized carbons (Fsp3) is 0.462. The second-order valence-electron chi connectivity index (χ2n) is 5.24. The van der Waals surface area contributed by atoms with Crippen molar-refractivity contribution in [2.24, 2.45) is 0 Å². The summed E-state index contributed by atoms with van der Waals surface area (Å²) in [4.78, 5) is 0.293. The summed E-state index contributed by atoms with van der Waals surface area (Å²) < 4.78 is 28.4. The molecule has 23 heavy (non-hydrogen) atoms. The van der Waals surface area contributed by atoms with E-state index in [-0.39, 0.29) is 18.4 Å². The maximum absolute atomic E-state index is 12.7. The smallest absolute Gasteiger partial charge is 0.243 e. The zero-order chi connectivity index (χ0) is 15.6. The number of nitrogens with one attached hydrogen (secondary N) is 1. The lowest BCUT2D eigenvalue weighted by atomic mass is 10.1. The summed E-state index contributed by atoms with van der Waals surface area (Å²) in [7, 11) is -1.60. The zero-order valence-electron chi connectivity index (χ0n) is 12.7. The molecular weight excluding hydrogens is 340 g/mol. The van der Waals surface area contributed by atoms with Crippen LogP contribution in [0.5, 0.6) is 0 Å². The minimum absolute atomic E-state index is 0. The van der Waals surface area contributed by atoms with E-state index in [0.29, 0.717) is 18.0 Å². The highest BCUT2D eigenvalue weighted by Crippen LogP contribution is 2.21. The number of aromatic nitrogens is 4. The van der Waals surface area contributed by atoms with Crippen LogP contribution in [0.2, 0.25) is 0 Å². The molecule has 8 nitrogen and oxygen atoms in total. The average molecular weight is 359 g/mol. The van der Waals surface area contributed by atoms with Gasteiger partial charge in [0.25, 0.3) is 0 Å². The van der Waals surface area contributed by atoms with Crippen molar-refractivity contribution in [1.29, 1.82) is 0 Å². The Bertz CT molecular complexity index is 719. The Hall–Kier alpha value is -1.55. The molecule has 0 spiro atoms. The molecule has 0 amide bonds. The highest BCUT2D eigenvalue weighted by molar-refractivity contribution is 7.89. The molecule has 0 radical (unpaired) electrons. The van der Waals surface area contributed by atoms with E-state index in [1.165, 1.54) is 11.0 Å². The van der Waals surface area contributed by atoms with E-state index >= 15 is 0 Å². The molecule has 2 heterocycles. The lowest BCUT2D eigenvalue weighted by Crippen LogP contribution is -2.46. The minimum Gasteiger partial charge on any atom is -0.316 e. The molecule has 3 rings (SSSR count). The van der Waals surface area contributed by atoms with Crippen LogP contribution in [0, 0.1) is 0 Å². The highest BCUT2D eigenvalue weighted by atomic mass is 35.5. The van der Waals surface area contributed by atoms with E-state index in [9.17, 15) is 8.42 Å². The van der Waals surface area contributed by atoms with Crippen LogP contribution < -0.4 is 5.32 Å². The van der Waals surface area contributed by atoms with Crippen molar-refractivity contribution in [3.63, 3.8) is 0 Å². The van der Waals surface area contributed by atoms with Crippen LogP contribution in [0.3, 0.4) is 0 Å². The molecule has 2 aromatic rings. The fourth-order valence-electron chi connectivity index (χ4n) is 2.60. The van der Waals surface area contributed by atoms with Gasteiger partial charge in [-0.1, -0.05) is 0 Å². The van der Waals surface area contributed by atoms with Gasteiger partial charge in [0.15, 0.2) is 0 Å². The number of rotatable bonds is 4. The molecule has 0 aliphatic carbocycles. The van der Waals surface area contributed by atoms with Gasteiger partial charge in [0.05, 0.1) is 10.6 Å². The lowest BCUT2D eigenvalue weighted by Gasteiger charge is -2.31. The number of piperidine rings is 1. The topological polar surface area (TPSA) is 93.0 Å². The molecule has 1 aliphatic heterocycles. The first kappa shape index (κ1) is 17.8. The van der Waals surface area contributed by atoms with Crippen molar-refractivity contribution in [3.05, 3.63) is 30.6 Å². The van der Waals surface area contributed by atoms with Crippen molar-refractivity contribution < 1.29 is 8.42 Å². The summed E-state index contributed by atoms with van der Waals surface area (Å²) in [6.45, 7) is 1.07. The number of tetrazole rings is 1. The first-order chi connectivity index (χ1) is 10.6. The molecule has 1 atom stereocenters. The molecule has 126 valence electrons. The number of hydrogen-bond donors (Lipinski definition) is 1. The quantitative estimate of drug-likeness (QED) is 0.853. The molecule has 1 saturated heterocycles. The number of likely N-dealkylation sites (N-methyl/N-ethyl adjacent to an activating group) is 1. The van der Waals surface area contributed by atoms with Crippen LogP contribution in [-0.2, 0) is 10.0 Å². The Balaban J connectivity index is 0.00000192. The fourth-order valence-corrected chi connectivity index (χ4v) is 4.12. The third-order valence-corrected chi connectivity index (χ3v) is 5.76. The molecule has 1 aliphatic rings. The van der Waals surface area contributed by atoms with Gasteiger partial charge in [0.1, 0.15) is 6.33 Å². The first-order valence-corrected chi connectivity index (χ1v) is 8.56. The number of sulfonamides is 1. The zero-order valence-corrected chi connectivity index (χ0v) is 14.3. The molecule has 0 saturated carbocycles. The van der Waals surface area contributed by atoms with Gasteiger partial charge in [-0.2, -0.15) is 4.31 Å². The van der Waals surface area contributed by atoms with E-state index in [2.05, 4.69) is 20.8 Å². The molecule has 10 heteroatoms. The van der Waals surface area contributed by atoms with Crippen LogP contribution in [0.4, 0.5) is 0 Å². The standard InChI is InChI=1S/C13H18N6O2S.ClH/c1-14-11-3-2-8-18(9-11)22(20,21)13-6-4-12(5-7-13)19-10-15-16-17-19;/h4-7,10-11,14H,2-3,8-9H2,1H3;1H. The largest absolute Gasteiger partial charge is 0.316 e. The van der Waals surface area contributed by atoms with Gasteiger partial charge >= 0.3 is 0 Å². The molecule has 1 N–H and O–H groups in total. The van der Waals surface area contributed by atoms with E-state index in [0.717, 1.165) is 18.5 Å². The third kappa shape index (κ3) is 3.69. The van der Waals surface area contributed by atoms with Crippen LogP contribution in [0.25, 0.3) is 5.69 Å². The van der Waals surface area contributed by atoms with E-state index in [1.54, 1.807) is 28.6 Å². The van der Waals surface area contributed by atoms with E-state index in [4.69, 9.17) is 0 Å². The monoisotopic (exact) mass is 358 g/mol.